The van der Waals surface area contributed by atoms with Crippen LogP contribution in [-0.2, 0) is 5.41 Å². The molecule has 0 saturated carbocycles. The monoisotopic (exact) mass is 637 g/mol. The van der Waals surface area contributed by atoms with Gasteiger partial charge < -0.3 is 4.90 Å². The Morgan fingerprint density at radius 1 is 0.380 bits per heavy atom. The molecule has 1 heteroatoms. The van der Waals surface area contributed by atoms with Gasteiger partial charge in [0.1, 0.15) is 0 Å². The Hall–Kier alpha value is -6.18. The first-order valence-electron chi connectivity index (χ1n) is 17.5. The molecular weight excluding hydrogens is 603 g/mol. The van der Waals surface area contributed by atoms with E-state index in [1.54, 1.807) is 0 Å². The second-order valence-electron chi connectivity index (χ2n) is 14.1. The average Bonchev–Trinajstić information content (AvgIpc) is 3.41. The van der Waals surface area contributed by atoms with Crippen molar-refractivity contribution in [3.63, 3.8) is 0 Å². The maximum Gasteiger partial charge on any atom is 0.0468 e. The minimum atomic E-state index is -0.0211. The van der Waals surface area contributed by atoms with Gasteiger partial charge in [0.2, 0.25) is 0 Å². The van der Waals surface area contributed by atoms with Crippen molar-refractivity contribution < 1.29 is 0 Å². The van der Waals surface area contributed by atoms with Crippen LogP contribution in [-0.4, -0.2) is 0 Å². The van der Waals surface area contributed by atoms with Crippen LogP contribution in [0.25, 0.3) is 65.3 Å². The molecule has 9 aromatic carbocycles. The zero-order valence-corrected chi connectivity index (χ0v) is 28.2. The molecule has 0 fully saturated rings. The maximum absolute atomic E-state index is 2.37. The molecule has 0 amide bonds. The van der Waals surface area contributed by atoms with Gasteiger partial charge >= 0.3 is 0 Å². The molecular formula is C49H35N. The number of rotatable bonds is 4. The van der Waals surface area contributed by atoms with E-state index in [1.165, 1.54) is 76.5 Å². The average molecular weight is 638 g/mol. The lowest BCUT2D eigenvalue weighted by Crippen LogP contribution is -2.14. The SMILES string of the molecule is CC1(C)c2ccccc2-c2c(-c3ccc(N(c4ccccc4)c4ccc5c(ccc6ccc7ccc8ccccc8c7c65)c4)cc3)cccc21. The molecule has 0 radical (unpaired) electrons. The molecule has 236 valence electrons. The molecule has 0 saturated heterocycles. The van der Waals surface area contributed by atoms with Crippen LogP contribution >= 0.6 is 0 Å². The normalized spacial score (nSPS) is 13.2. The topological polar surface area (TPSA) is 3.24 Å². The third kappa shape index (κ3) is 4.27. The van der Waals surface area contributed by atoms with E-state index in [-0.39, 0.29) is 5.41 Å². The minimum Gasteiger partial charge on any atom is -0.310 e. The van der Waals surface area contributed by atoms with E-state index in [0.29, 0.717) is 0 Å². The van der Waals surface area contributed by atoms with Crippen molar-refractivity contribution in [2.24, 2.45) is 0 Å². The predicted molar refractivity (Wildman–Crippen MR) is 214 cm³/mol. The number of fused-ring (bicyclic) bond motifs is 10. The molecule has 1 aliphatic carbocycles. The van der Waals surface area contributed by atoms with Crippen LogP contribution in [0.4, 0.5) is 17.1 Å². The fourth-order valence-corrected chi connectivity index (χ4v) is 8.59. The van der Waals surface area contributed by atoms with Crippen LogP contribution in [0.2, 0.25) is 0 Å². The number of para-hydroxylation sites is 1. The number of benzene rings is 9. The molecule has 0 unspecified atom stereocenters. The van der Waals surface area contributed by atoms with Crippen LogP contribution in [0.3, 0.4) is 0 Å². The Kier molecular flexibility index (Phi) is 6.29. The van der Waals surface area contributed by atoms with Gasteiger partial charge in [-0.25, -0.2) is 0 Å². The van der Waals surface area contributed by atoms with Crippen LogP contribution in [0.1, 0.15) is 25.0 Å². The molecule has 0 N–H and O–H groups in total. The van der Waals surface area contributed by atoms with Gasteiger partial charge in [-0.2, -0.15) is 0 Å². The van der Waals surface area contributed by atoms with Gasteiger partial charge in [-0.05, 0) is 113 Å². The van der Waals surface area contributed by atoms with Crippen molar-refractivity contribution in [2.45, 2.75) is 19.3 Å². The molecule has 0 aliphatic heterocycles. The van der Waals surface area contributed by atoms with Crippen LogP contribution in [0, 0.1) is 0 Å². The minimum absolute atomic E-state index is 0.0211. The van der Waals surface area contributed by atoms with Gasteiger partial charge in [-0.3, -0.25) is 0 Å². The summed E-state index contributed by atoms with van der Waals surface area (Å²) in [6, 6.07) is 64.8. The first kappa shape index (κ1) is 28.8. The van der Waals surface area contributed by atoms with E-state index in [4.69, 9.17) is 0 Å². The summed E-state index contributed by atoms with van der Waals surface area (Å²) in [5.41, 5.74) is 11.4. The van der Waals surface area contributed by atoms with Crippen LogP contribution < -0.4 is 4.90 Å². The first-order chi connectivity index (χ1) is 24.6. The number of nitrogens with zero attached hydrogens (tertiary/aromatic N) is 1. The Morgan fingerprint density at radius 2 is 0.940 bits per heavy atom. The summed E-state index contributed by atoms with van der Waals surface area (Å²) >= 11 is 0. The van der Waals surface area contributed by atoms with Crippen LogP contribution in [0.15, 0.2) is 176 Å². The summed E-state index contributed by atoms with van der Waals surface area (Å²) in [7, 11) is 0. The molecule has 1 nitrogen and oxygen atoms in total. The molecule has 9 aromatic rings. The molecule has 0 spiro atoms. The van der Waals surface area contributed by atoms with E-state index in [2.05, 4.69) is 195 Å². The third-order valence-electron chi connectivity index (χ3n) is 11.0. The summed E-state index contributed by atoms with van der Waals surface area (Å²) in [5.74, 6) is 0. The van der Waals surface area contributed by atoms with E-state index < -0.39 is 0 Å². The summed E-state index contributed by atoms with van der Waals surface area (Å²) in [5, 5.41) is 10.3. The Balaban J connectivity index is 1.12. The van der Waals surface area contributed by atoms with Crippen molar-refractivity contribution in [1.29, 1.82) is 0 Å². The zero-order chi connectivity index (χ0) is 33.4. The first-order valence-corrected chi connectivity index (χ1v) is 17.5. The van der Waals surface area contributed by atoms with E-state index in [0.717, 1.165) is 17.1 Å². The highest BCUT2D eigenvalue weighted by Crippen LogP contribution is 2.52. The third-order valence-corrected chi connectivity index (χ3v) is 11.0. The van der Waals surface area contributed by atoms with Crippen molar-refractivity contribution in [3.05, 3.63) is 187 Å². The number of hydrogen-bond donors (Lipinski definition) is 0. The van der Waals surface area contributed by atoms with Gasteiger partial charge in [-0.15, -0.1) is 0 Å². The lowest BCUT2D eigenvalue weighted by molar-refractivity contribution is 0.660. The maximum atomic E-state index is 2.37. The molecule has 0 bridgehead atoms. The van der Waals surface area contributed by atoms with Gasteiger partial charge in [0.05, 0.1) is 0 Å². The molecule has 0 atom stereocenters. The smallest absolute Gasteiger partial charge is 0.0468 e. The van der Waals surface area contributed by atoms with Crippen molar-refractivity contribution in [3.8, 4) is 22.3 Å². The Morgan fingerprint density at radius 3 is 1.72 bits per heavy atom. The second kappa shape index (κ2) is 10.9. The number of anilines is 3. The van der Waals surface area contributed by atoms with Crippen molar-refractivity contribution >= 4 is 60.2 Å². The summed E-state index contributed by atoms with van der Waals surface area (Å²) in [6.07, 6.45) is 0. The summed E-state index contributed by atoms with van der Waals surface area (Å²) in [4.78, 5) is 2.37. The standard InChI is InChI=1S/C49H35N/c1-49(2)44-17-9-8-15-43(44)48-41(16-10-18-45(48)49)33-25-27-38(28-26-33)50(37-12-4-3-5-13-37)39-29-30-42-36(31-39)24-23-35-22-21-34-20-19-32-11-6-7-14-40(32)46(34)47(35)42/h3-31H,1-2H3. The highest BCUT2D eigenvalue weighted by molar-refractivity contribution is 6.27. The van der Waals surface area contributed by atoms with Gasteiger partial charge in [0.15, 0.2) is 0 Å². The fraction of sp³-hybridized carbons (Fsp3) is 0.0612. The molecule has 0 heterocycles. The quantitative estimate of drug-likeness (QED) is 0.174. The lowest BCUT2D eigenvalue weighted by atomic mass is 9.82. The Labute approximate surface area is 292 Å². The van der Waals surface area contributed by atoms with E-state index in [9.17, 15) is 0 Å². The fourth-order valence-electron chi connectivity index (χ4n) is 8.59. The number of hydrogen-bond acceptors (Lipinski definition) is 1. The highest BCUT2D eigenvalue weighted by Gasteiger charge is 2.36. The van der Waals surface area contributed by atoms with E-state index >= 15 is 0 Å². The van der Waals surface area contributed by atoms with Gasteiger partial charge in [-0.1, -0.05) is 153 Å². The zero-order valence-electron chi connectivity index (χ0n) is 28.2. The Bertz CT molecular complexity index is 2770. The molecule has 0 aromatic heterocycles. The second-order valence-corrected chi connectivity index (χ2v) is 14.1. The summed E-state index contributed by atoms with van der Waals surface area (Å²) in [6.45, 7) is 4.69. The molecule has 50 heavy (non-hydrogen) atoms. The van der Waals surface area contributed by atoms with Crippen molar-refractivity contribution in [2.75, 3.05) is 4.90 Å². The van der Waals surface area contributed by atoms with Gasteiger partial charge in [0, 0.05) is 22.5 Å². The molecule has 10 rings (SSSR count). The van der Waals surface area contributed by atoms with E-state index in [1.807, 2.05) is 0 Å². The van der Waals surface area contributed by atoms with Crippen LogP contribution in [0.5, 0.6) is 0 Å². The summed E-state index contributed by atoms with van der Waals surface area (Å²) < 4.78 is 0. The van der Waals surface area contributed by atoms with Gasteiger partial charge in [0.25, 0.3) is 0 Å². The lowest BCUT2D eigenvalue weighted by Gasteiger charge is -2.26. The highest BCUT2D eigenvalue weighted by atomic mass is 15.1. The molecule has 1 aliphatic rings. The van der Waals surface area contributed by atoms with Crippen molar-refractivity contribution in [1.82, 2.24) is 0 Å². The largest absolute Gasteiger partial charge is 0.310 e. The predicted octanol–water partition coefficient (Wildman–Crippen LogP) is 13.7.